The van der Waals surface area contributed by atoms with Gasteiger partial charge >= 0.3 is 5.97 Å². The van der Waals surface area contributed by atoms with Gasteiger partial charge in [-0.1, -0.05) is 0 Å². The number of furan rings is 1. The molecule has 4 heteroatoms. The quantitative estimate of drug-likeness (QED) is 0.628. The highest BCUT2D eigenvalue weighted by Gasteiger charge is 2.10. The lowest BCUT2D eigenvalue weighted by Gasteiger charge is -2.10. The topological polar surface area (TPSA) is 51.5 Å². The summed E-state index contributed by atoms with van der Waals surface area (Å²) in [5, 5.41) is 3.08. The van der Waals surface area contributed by atoms with Crippen molar-refractivity contribution >= 4 is 5.97 Å². The lowest BCUT2D eigenvalue weighted by atomic mass is 10.1. The Morgan fingerprint density at radius 1 is 1.56 bits per heavy atom. The normalized spacial score (nSPS) is 12.8. The summed E-state index contributed by atoms with van der Waals surface area (Å²) in [4.78, 5) is 10.8. The van der Waals surface area contributed by atoms with Gasteiger partial charge in [0, 0.05) is 17.8 Å². The molecule has 0 aliphatic heterocycles. The maximum atomic E-state index is 10.8. The van der Waals surface area contributed by atoms with Gasteiger partial charge in [0.1, 0.15) is 11.5 Å². The van der Waals surface area contributed by atoms with Crippen LogP contribution in [0, 0.1) is 13.8 Å². The van der Waals surface area contributed by atoms with Crippen LogP contribution in [0.15, 0.2) is 22.8 Å². The summed E-state index contributed by atoms with van der Waals surface area (Å²) < 4.78 is 9.91. The van der Waals surface area contributed by atoms with E-state index < -0.39 is 0 Å². The Hall–Kier alpha value is -1.71. The third kappa shape index (κ3) is 3.15. The van der Waals surface area contributed by atoms with Crippen LogP contribution < -0.4 is 5.32 Å². The van der Waals surface area contributed by atoms with Gasteiger partial charge in [0.2, 0.25) is 0 Å². The first-order valence-corrected chi connectivity index (χ1v) is 5.12. The van der Waals surface area contributed by atoms with Gasteiger partial charge in [0.15, 0.2) is 0 Å². The fraction of sp³-hybridized carbons (Fsp3) is 0.417. The number of hydrogen-bond donors (Lipinski definition) is 1. The van der Waals surface area contributed by atoms with Crippen molar-refractivity contribution in [2.75, 3.05) is 7.11 Å². The van der Waals surface area contributed by atoms with Gasteiger partial charge in [0.25, 0.3) is 0 Å². The molecule has 0 saturated heterocycles. The lowest BCUT2D eigenvalue weighted by Crippen LogP contribution is -2.12. The van der Waals surface area contributed by atoms with E-state index in [1.807, 2.05) is 26.8 Å². The highest BCUT2D eigenvalue weighted by Crippen LogP contribution is 2.20. The van der Waals surface area contributed by atoms with E-state index in [1.165, 1.54) is 13.2 Å². The third-order valence-corrected chi connectivity index (χ3v) is 2.31. The lowest BCUT2D eigenvalue weighted by molar-refractivity contribution is -0.134. The molecule has 0 aromatic carbocycles. The second-order valence-corrected chi connectivity index (χ2v) is 3.61. The zero-order valence-electron chi connectivity index (χ0n) is 10.0. The number of nitrogens with one attached hydrogen (secondary N) is 1. The highest BCUT2D eigenvalue weighted by atomic mass is 16.5. The molecule has 0 spiro atoms. The van der Waals surface area contributed by atoms with E-state index in [2.05, 4.69) is 10.1 Å². The first-order valence-electron chi connectivity index (χ1n) is 5.12. The number of hydrogen-bond acceptors (Lipinski definition) is 4. The van der Waals surface area contributed by atoms with Crippen molar-refractivity contribution in [1.82, 2.24) is 5.32 Å². The number of methoxy groups -OCH3 is 1. The smallest absolute Gasteiger partial charge is 0.331 e. The number of esters is 1. The Labute approximate surface area is 95.3 Å². The van der Waals surface area contributed by atoms with Crippen LogP contribution in [0.1, 0.15) is 30.0 Å². The summed E-state index contributed by atoms with van der Waals surface area (Å²) in [7, 11) is 1.35. The Bertz CT molecular complexity index is 393. The van der Waals surface area contributed by atoms with Crippen molar-refractivity contribution in [2.45, 2.75) is 26.8 Å². The van der Waals surface area contributed by atoms with Gasteiger partial charge in [-0.15, -0.1) is 0 Å². The molecule has 1 atom stereocenters. The van der Waals surface area contributed by atoms with Crippen molar-refractivity contribution in [3.8, 4) is 0 Å². The average molecular weight is 223 g/mol. The van der Waals surface area contributed by atoms with Gasteiger partial charge in [-0.25, -0.2) is 4.79 Å². The second kappa shape index (κ2) is 5.39. The van der Waals surface area contributed by atoms with Gasteiger partial charge in [0.05, 0.1) is 13.2 Å². The summed E-state index contributed by atoms with van der Waals surface area (Å²) in [6, 6.07) is 2.08. The van der Waals surface area contributed by atoms with Gasteiger partial charge in [-0.3, -0.25) is 0 Å². The monoisotopic (exact) mass is 223 g/mol. The van der Waals surface area contributed by atoms with Gasteiger partial charge in [-0.2, -0.15) is 0 Å². The van der Waals surface area contributed by atoms with Crippen LogP contribution in [-0.4, -0.2) is 13.1 Å². The summed E-state index contributed by atoms with van der Waals surface area (Å²) in [5.74, 6) is 1.40. The van der Waals surface area contributed by atoms with Crippen LogP contribution in [0.2, 0.25) is 0 Å². The zero-order chi connectivity index (χ0) is 12.1. The third-order valence-electron chi connectivity index (χ3n) is 2.31. The molecular formula is C12H17NO3. The Kier molecular flexibility index (Phi) is 4.17. The average Bonchev–Trinajstić information content (AvgIpc) is 2.57. The van der Waals surface area contributed by atoms with Gasteiger partial charge in [-0.05, 0) is 26.8 Å². The molecule has 0 fully saturated rings. The minimum atomic E-state index is -0.375. The summed E-state index contributed by atoms with van der Waals surface area (Å²) in [6.45, 7) is 5.83. The molecular weight excluding hydrogens is 206 g/mol. The molecule has 0 amide bonds. The second-order valence-electron chi connectivity index (χ2n) is 3.61. The van der Waals surface area contributed by atoms with Crippen molar-refractivity contribution in [3.63, 3.8) is 0 Å². The molecule has 4 nitrogen and oxygen atoms in total. The van der Waals surface area contributed by atoms with Crippen LogP contribution in [0.4, 0.5) is 0 Å². The van der Waals surface area contributed by atoms with E-state index in [1.54, 1.807) is 6.20 Å². The van der Waals surface area contributed by atoms with E-state index in [-0.39, 0.29) is 12.0 Å². The summed E-state index contributed by atoms with van der Waals surface area (Å²) in [5.41, 5.74) is 1.09. The van der Waals surface area contributed by atoms with E-state index >= 15 is 0 Å². The minimum absolute atomic E-state index is 0.0957. The van der Waals surface area contributed by atoms with E-state index in [9.17, 15) is 4.79 Å². The summed E-state index contributed by atoms with van der Waals surface area (Å²) >= 11 is 0. The van der Waals surface area contributed by atoms with Crippen molar-refractivity contribution < 1.29 is 13.9 Å². The highest BCUT2D eigenvalue weighted by molar-refractivity contribution is 5.81. The fourth-order valence-corrected chi connectivity index (χ4v) is 1.50. The number of aryl methyl sites for hydroxylation is 2. The molecule has 1 rings (SSSR count). The SMILES string of the molecule is COC(=O)/C=C/NC(C)c1cc(C)oc1C. The number of ether oxygens (including phenoxy) is 1. The molecule has 1 aromatic heterocycles. The Morgan fingerprint density at radius 2 is 2.25 bits per heavy atom. The number of carbonyl (C=O) groups excluding carboxylic acids is 1. The Balaban J connectivity index is 2.59. The minimum Gasteiger partial charge on any atom is -0.466 e. The predicted octanol–water partition coefficient (Wildman–Crippen LogP) is 2.23. The standard InChI is InChI=1S/C12H17NO3/c1-8-7-11(10(3)16-8)9(2)13-6-5-12(14)15-4/h5-7,9,13H,1-4H3/b6-5+. The molecule has 1 heterocycles. The largest absolute Gasteiger partial charge is 0.466 e. The van der Waals surface area contributed by atoms with Crippen LogP contribution in [0.3, 0.4) is 0 Å². The Morgan fingerprint density at radius 3 is 2.75 bits per heavy atom. The maximum Gasteiger partial charge on any atom is 0.331 e. The zero-order valence-corrected chi connectivity index (χ0v) is 10.0. The molecule has 0 radical (unpaired) electrons. The maximum absolute atomic E-state index is 10.8. The molecule has 0 aliphatic rings. The molecule has 1 N–H and O–H groups in total. The predicted molar refractivity (Wildman–Crippen MR) is 60.9 cm³/mol. The van der Waals surface area contributed by atoms with Gasteiger partial charge < -0.3 is 14.5 Å². The summed E-state index contributed by atoms with van der Waals surface area (Å²) in [6.07, 6.45) is 2.93. The van der Waals surface area contributed by atoms with Crippen molar-refractivity contribution in [1.29, 1.82) is 0 Å². The molecule has 0 saturated carbocycles. The molecule has 0 aliphatic carbocycles. The number of rotatable bonds is 4. The van der Waals surface area contributed by atoms with Crippen LogP contribution >= 0.6 is 0 Å². The molecule has 88 valence electrons. The van der Waals surface area contributed by atoms with Crippen LogP contribution in [0.25, 0.3) is 0 Å². The number of carbonyl (C=O) groups is 1. The molecule has 0 bridgehead atoms. The fourth-order valence-electron chi connectivity index (χ4n) is 1.50. The van der Waals surface area contributed by atoms with Crippen molar-refractivity contribution in [2.24, 2.45) is 0 Å². The first kappa shape index (κ1) is 12.4. The van der Waals surface area contributed by atoms with Crippen LogP contribution in [-0.2, 0) is 9.53 Å². The first-order chi connectivity index (χ1) is 7.54. The van der Waals surface area contributed by atoms with E-state index in [0.717, 1.165) is 17.1 Å². The van der Waals surface area contributed by atoms with Crippen molar-refractivity contribution in [3.05, 3.63) is 35.4 Å². The molecule has 16 heavy (non-hydrogen) atoms. The van der Waals surface area contributed by atoms with E-state index in [4.69, 9.17) is 4.42 Å². The molecule has 1 unspecified atom stereocenters. The van der Waals surface area contributed by atoms with E-state index in [0.29, 0.717) is 0 Å². The molecule has 1 aromatic rings. The van der Waals surface area contributed by atoms with Crippen LogP contribution in [0.5, 0.6) is 0 Å².